The summed E-state index contributed by atoms with van der Waals surface area (Å²) in [5.41, 5.74) is 3.82. The molecule has 0 unspecified atom stereocenters. The monoisotopic (exact) mass is 461 g/mol. The van der Waals surface area contributed by atoms with Crippen LogP contribution >= 0.6 is 11.6 Å². The predicted molar refractivity (Wildman–Crippen MR) is 134 cm³/mol. The van der Waals surface area contributed by atoms with Gasteiger partial charge in [0, 0.05) is 67.5 Å². The Hall–Kier alpha value is -3.15. The highest BCUT2D eigenvalue weighted by molar-refractivity contribution is 6.30. The van der Waals surface area contributed by atoms with Gasteiger partial charge in [0.05, 0.1) is 0 Å². The summed E-state index contributed by atoms with van der Waals surface area (Å²) >= 11 is 5.85. The van der Waals surface area contributed by atoms with Gasteiger partial charge in [0.1, 0.15) is 0 Å². The van der Waals surface area contributed by atoms with Gasteiger partial charge in [-0.25, -0.2) is 0 Å². The Kier molecular flexibility index (Phi) is 7.76. The topological polar surface area (TPSA) is 52.7 Å². The Bertz CT molecular complexity index is 1060. The molecule has 1 heterocycles. The number of hydrogen-bond acceptors (Lipinski definition) is 4. The lowest BCUT2D eigenvalue weighted by Gasteiger charge is -2.36. The highest BCUT2D eigenvalue weighted by Crippen LogP contribution is 2.21. The normalized spacial score (nSPS) is 14.2. The fourth-order valence-corrected chi connectivity index (χ4v) is 4.12. The smallest absolute Gasteiger partial charge is 0.224 e. The predicted octanol–water partition coefficient (Wildman–Crippen LogP) is 5.26. The molecular weight excluding hydrogens is 434 g/mol. The highest BCUT2D eigenvalue weighted by Gasteiger charge is 2.17. The van der Waals surface area contributed by atoms with E-state index in [1.807, 2.05) is 24.3 Å². The van der Waals surface area contributed by atoms with Crippen LogP contribution in [0.2, 0.25) is 5.02 Å². The van der Waals surface area contributed by atoms with Crippen molar-refractivity contribution in [3.05, 3.63) is 95.0 Å². The largest absolute Gasteiger partial charge is 0.369 e. The Labute approximate surface area is 200 Å². The first-order valence-electron chi connectivity index (χ1n) is 11.3. The summed E-state index contributed by atoms with van der Waals surface area (Å²) in [5, 5.41) is 3.47. The number of nitrogens with zero attached hydrogens (tertiary/aromatic N) is 2. The number of rotatable bonds is 8. The number of amides is 1. The number of ketones is 1. The molecular formula is C27H28ClN3O2. The maximum absolute atomic E-state index is 12.3. The molecule has 0 atom stereocenters. The van der Waals surface area contributed by atoms with Gasteiger partial charge in [-0.3, -0.25) is 14.5 Å². The Morgan fingerprint density at radius 1 is 0.788 bits per heavy atom. The fraction of sp³-hybridized carbons (Fsp3) is 0.259. The molecule has 0 radical (unpaired) electrons. The van der Waals surface area contributed by atoms with Crippen LogP contribution in [-0.2, 0) is 11.3 Å². The number of benzene rings is 3. The number of halogens is 1. The maximum Gasteiger partial charge on any atom is 0.224 e. The molecule has 1 aliphatic heterocycles. The number of piperazine rings is 1. The van der Waals surface area contributed by atoms with Crippen molar-refractivity contribution in [1.82, 2.24) is 4.90 Å². The lowest BCUT2D eigenvalue weighted by Crippen LogP contribution is -2.45. The summed E-state index contributed by atoms with van der Waals surface area (Å²) in [6.07, 6.45) is 0.311. The minimum Gasteiger partial charge on any atom is -0.369 e. The molecule has 6 heteroatoms. The zero-order valence-corrected chi connectivity index (χ0v) is 19.3. The fourth-order valence-electron chi connectivity index (χ4n) is 3.99. The van der Waals surface area contributed by atoms with E-state index in [1.165, 1.54) is 5.56 Å². The molecule has 0 saturated carbocycles. The lowest BCUT2D eigenvalue weighted by molar-refractivity contribution is -0.116. The summed E-state index contributed by atoms with van der Waals surface area (Å²) < 4.78 is 0. The van der Waals surface area contributed by atoms with Gasteiger partial charge in [0.2, 0.25) is 5.91 Å². The molecule has 33 heavy (non-hydrogen) atoms. The van der Waals surface area contributed by atoms with Gasteiger partial charge in [0.25, 0.3) is 0 Å². The van der Waals surface area contributed by atoms with E-state index >= 15 is 0 Å². The third kappa shape index (κ3) is 6.67. The Morgan fingerprint density at radius 2 is 1.45 bits per heavy atom. The van der Waals surface area contributed by atoms with Gasteiger partial charge in [0.15, 0.2) is 5.78 Å². The van der Waals surface area contributed by atoms with Crippen molar-refractivity contribution >= 4 is 34.7 Å². The molecule has 170 valence electrons. The van der Waals surface area contributed by atoms with Gasteiger partial charge in [-0.2, -0.15) is 0 Å². The molecule has 3 aromatic rings. The molecule has 1 fully saturated rings. The van der Waals surface area contributed by atoms with Crippen molar-refractivity contribution in [1.29, 1.82) is 0 Å². The number of Topliss-reactive ketones (excluding diaryl/α,β-unsaturated/α-hetero) is 1. The first-order valence-corrected chi connectivity index (χ1v) is 11.6. The van der Waals surface area contributed by atoms with Crippen molar-refractivity contribution in [3.8, 4) is 0 Å². The van der Waals surface area contributed by atoms with Crippen molar-refractivity contribution in [2.45, 2.75) is 19.4 Å². The summed E-state index contributed by atoms with van der Waals surface area (Å²) in [6.45, 7) is 4.99. The third-order valence-electron chi connectivity index (χ3n) is 5.88. The zero-order chi connectivity index (χ0) is 23.0. The molecule has 1 N–H and O–H groups in total. The number of carbonyl (C=O) groups is 2. The standard InChI is InChI=1S/C27H28ClN3O2/c28-23-8-6-22(7-9-23)26(32)14-15-27(33)29-24-10-12-25(13-11-24)31-18-16-30(17-19-31)20-21-4-2-1-3-5-21/h1-13H,14-20H2,(H,29,33). The van der Waals surface area contributed by atoms with Gasteiger partial charge in [-0.15, -0.1) is 0 Å². The van der Waals surface area contributed by atoms with Gasteiger partial charge in [-0.1, -0.05) is 41.9 Å². The number of carbonyl (C=O) groups excluding carboxylic acids is 2. The highest BCUT2D eigenvalue weighted by atomic mass is 35.5. The average Bonchev–Trinajstić information content (AvgIpc) is 2.85. The quantitative estimate of drug-likeness (QED) is 0.465. The Morgan fingerprint density at radius 3 is 2.12 bits per heavy atom. The van der Waals surface area contributed by atoms with E-state index in [0.717, 1.165) is 44.1 Å². The van der Waals surface area contributed by atoms with Crippen molar-refractivity contribution < 1.29 is 9.59 Å². The van der Waals surface area contributed by atoms with Crippen LogP contribution in [0.1, 0.15) is 28.8 Å². The molecule has 3 aromatic carbocycles. The molecule has 0 bridgehead atoms. The van der Waals surface area contributed by atoms with Crippen LogP contribution in [0.5, 0.6) is 0 Å². The average molecular weight is 462 g/mol. The second-order valence-electron chi connectivity index (χ2n) is 8.27. The van der Waals surface area contributed by atoms with Crippen LogP contribution in [0.25, 0.3) is 0 Å². The summed E-state index contributed by atoms with van der Waals surface area (Å²) in [6, 6.07) is 25.2. The van der Waals surface area contributed by atoms with Crippen molar-refractivity contribution in [2.24, 2.45) is 0 Å². The number of anilines is 2. The second kappa shape index (κ2) is 11.1. The van der Waals surface area contributed by atoms with Crippen molar-refractivity contribution in [3.63, 3.8) is 0 Å². The van der Waals surface area contributed by atoms with E-state index in [0.29, 0.717) is 10.6 Å². The summed E-state index contributed by atoms with van der Waals surface area (Å²) in [7, 11) is 0. The molecule has 0 aliphatic carbocycles. The van der Waals surface area contributed by atoms with Crippen LogP contribution in [-0.4, -0.2) is 42.8 Å². The lowest BCUT2D eigenvalue weighted by atomic mass is 10.1. The van der Waals surface area contributed by atoms with E-state index in [-0.39, 0.29) is 24.5 Å². The van der Waals surface area contributed by atoms with E-state index < -0.39 is 0 Å². The van der Waals surface area contributed by atoms with Crippen LogP contribution in [0, 0.1) is 0 Å². The van der Waals surface area contributed by atoms with E-state index in [1.54, 1.807) is 24.3 Å². The first-order chi connectivity index (χ1) is 16.1. The minimum absolute atomic E-state index is 0.0661. The van der Waals surface area contributed by atoms with Gasteiger partial charge in [-0.05, 0) is 54.1 Å². The van der Waals surface area contributed by atoms with Crippen LogP contribution < -0.4 is 10.2 Å². The van der Waals surface area contributed by atoms with Gasteiger partial charge >= 0.3 is 0 Å². The van der Waals surface area contributed by atoms with Gasteiger partial charge < -0.3 is 10.2 Å². The van der Waals surface area contributed by atoms with Crippen LogP contribution in [0.3, 0.4) is 0 Å². The molecule has 5 nitrogen and oxygen atoms in total. The number of hydrogen-bond donors (Lipinski definition) is 1. The molecule has 4 rings (SSSR count). The molecule has 0 spiro atoms. The Balaban J connectivity index is 1.21. The van der Waals surface area contributed by atoms with Crippen LogP contribution in [0.4, 0.5) is 11.4 Å². The first kappa shape index (κ1) is 23.0. The van der Waals surface area contributed by atoms with Crippen LogP contribution in [0.15, 0.2) is 78.9 Å². The molecule has 0 aromatic heterocycles. The van der Waals surface area contributed by atoms with E-state index in [4.69, 9.17) is 11.6 Å². The zero-order valence-electron chi connectivity index (χ0n) is 18.5. The maximum atomic E-state index is 12.3. The summed E-state index contributed by atoms with van der Waals surface area (Å²) in [5.74, 6) is -0.233. The van der Waals surface area contributed by atoms with E-state index in [9.17, 15) is 9.59 Å². The SMILES string of the molecule is O=C(CCC(=O)c1ccc(Cl)cc1)Nc1ccc(N2CCN(Cc3ccccc3)CC2)cc1. The third-order valence-corrected chi connectivity index (χ3v) is 6.13. The summed E-state index contributed by atoms with van der Waals surface area (Å²) in [4.78, 5) is 29.4. The van der Waals surface area contributed by atoms with Crippen molar-refractivity contribution in [2.75, 3.05) is 36.4 Å². The van der Waals surface area contributed by atoms with E-state index in [2.05, 4.69) is 45.4 Å². The number of nitrogens with one attached hydrogen (secondary N) is 1. The molecule has 1 amide bonds. The second-order valence-corrected chi connectivity index (χ2v) is 8.71. The minimum atomic E-state index is -0.167. The molecule has 1 aliphatic rings. The molecule has 1 saturated heterocycles.